The first-order chi connectivity index (χ1) is 13.0. The Bertz CT molecular complexity index is 813. The minimum absolute atomic E-state index is 0.107. The number of piperazine rings is 1. The van der Waals surface area contributed by atoms with E-state index in [0.717, 1.165) is 17.9 Å². The fourth-order valence-corrected chi connectivity index (χ4v) is 3.37. The molecule has 0 amide bonds. The van der Waals surface area contributed by atoms with E-state index >= 15 is 0 Å². The second kappa shape index (κ2) is 8.38. The van der Waals surface area contributed by atoms with Crippen molar-refractivity contribution in [2.75, 3.05) is 13.3 Å². The summed E-state index contributed by atoms with van der Waals surface area (Å²) >= 11 is 0. The molecule has 5 heteroatoms. The molecule has 1 heterocycles. The van der Waals surface area contributed by atoms with Crippen LogP contribution in [0.25, 0.3) is 0 Å². The van der Waals surface area contributed by atoms with E-state index < -0.39 is 0 Å². The highest BCUT2D eigenvalue weighted by Gasteiger charge is 2.34. The molecule has 2 aromatic rings. The summed E-state index contributed by atoms with van der Waals surface area (Å²) in [4.78, 5) is 15.9. The van der Waals surface area contributed by atoms with Gasteiger partial charge in [0.2, 0.25) is 0 Å². The van der Waals surface area contributed by atoms with Gasteiger partial charge in [-0.25, -0.2) is 9.18 Å². The lowest BCUT2D eigenvalue weighted by molar-refractivity contribution is 0.0286. The normalized spacial score (nSPS) is 20.4. The Labute approximate surface area is 159 Å². The molecule has 0 saturated carbocycles. The number of rotatable bonds is 5. The predicted octanol–water partition coefficient (Wildman–Crippen LogP) is 3.78. The van der Waals surface area contributed by atoms with Gasteiger partial charge in [0, 0.05) is 19.1 Å². The third kappa shape index (κ3) is 4.57. The van der Waals surface area contributed by atoms with E-state index in [1.807, 2.05) is 43.0 Å². The Morgan fingerprint density at radius 1 is 1.11 bits per heavy atom. The number of benzene rings is 2. The Kier molecular flexibility index (Phi) is 5.94. The van der Waals surface area contributed by atoms with Crippen LogP contribution in [0.2, 0.25) is 0 Å². The molecule has 0 bridgehead atoms. The molecule has 3 rings (SSSR count). The number of aryl methyl sites for hydroxylation is 1. The zero-order valence-corrected chi connectivity index (χ0v) is 16.0. The minimum Gasteiger partial charge on any atom is -0.478 e. The molecule has 1 fully saturated rings. The summed E-state index contributed by atoms with van der Waals surface area (Å²) in [6.45, 7) is 7.83. The zero-order valence-electron chi connectivity index (χ0n) is 16.0. The largest absolute Gasteiger partial charge is 0.478 e. The van der Waals surface area contributed by atoms with Crippen molar-refractivity contribution in [1.29, 1.82) is 0 Å². The zero-order chi connectivity index (χ0) is 19.4. The van der Waals surface area contributed by atoms with Crippen LogP contribution in [0.15, 0.2) is 54.2 Å². The van der Waals surface area contributed by atoms with E-state index in [1.165, 1.54) is 17.7 Å². The van der Waals surface area contributed by atoms with E-state index in [2.05, 4.69) is 17.8 Å². The molecule has 2 aromatic carbocycles. The summed E-state index contributed by atoms with van der Waals surface area (Å²) < 4.78 is 19.0. The van der Waals surface area contributed by atoms with Crippen molar-refractivity contribution in [2.24, 2.45) is 0 Å². The lowest BCUT2D eigenvalue weighted by atomic mass is 10.0. The maximum Gasteiger partial charge on any atom is 0.147 e. The molecule has 27 heavy (non-hydrogen) atoms. The minimum atomic E-state index is -0.260. The first kappa shape index (κ1) is 19.2. The Morgan fingerprint density at radius 3 is 2.41 bits per heavy atom. The van der Waals surface area contributed by atoms with Crippen LogP contribution in [0.4, 0.5) is 4.39 Å². The van der Waals surface area contributed by atoms with Crippen molar-refractivity contribution in [3.05, 3.63) is 71.2 Å². The topological polar surface area (TPSA) is 32.8 Å². The maximum absolute atomic E-state index is 13.1. The quantitative estimate of drug-likeness (QED) is 0.752. The van der Waals surface area contributed by atoms with Crippen molar-refractivity contribution in [1.82, 2.24) is 9.80 Å². The first-order valence-corrected chi connectivity index (χ1v) is 9.17. The van der Waals surface area contributed by atoms with Gasteiger partial charge in [-0.1, -0.05) is 29.8 Å². The van der Waals surface area contributed by atoms with Gasteiger partial charge in [-0.3, -0.25) is 4.90 Å². The van der Waals surface area contributed by atoms with Gasteiger partial charge in [0.05, 0.1) is 6.04 Å². The molecule has 1 aliphatic heterocycles. The molecule has 0 radical (unpaired) electrons. The van der Waals surface area contributed by atoms with E-state index in [1.54, 1.807) is 12.1 Å². The van der Waals surface area contributed by atoms with Gasteiger partial charge < -0.3 is 9.64 Å². The standard InChI is InChI=1S/C22H25FN2O2/c1-16-4-10-21(11-5-16)27-15-24-12-17(2)25(22(14-26)18(24)3)13-19-6-8-20(23)9-7-19/h4-11,17-18H,12-13,15H2,1-3H3/t17-,18+/m1/s1. The summed E-state index contributed by atoms with van der Waals surface area (Å²) in [5.41, 5.74) is 2.75. The summed E-state index contributed by atoms with van der Waals surface area (Å²) in [6.07, 6.45) is 0. The number of hydrogen-bond donors (Lipinski definition) is 0. The second-order valence-corrected chi connectivity index (χ2v) is 7.12. The number of halogens is 1. The Balaban J connectivity index is 1.68. The molecule has 0 spiro atoms. The Morgan fingerprint density at radius 2 is 1.78 bits per heavy atom. The van der Waals surface area contributed by atoms with Gasteiger partial charge in [0.25, 0.3) is 0 Å². The van der Waals surface area contributed by atoms with Gasteiger partial charge in [-0.05, 0) is 50.6 Å². The van der Waals surface area contributed by atoms with E-state index in [0.29, 0.717) is 19.0 Å². The third-order valence-corrected chi connectivity index (χ3v) is 5.07. The molecule has 0 aromatic heterocycles. The van der Waals surface area contributed by atoms with Crippen molar-refractivity contribution in [3.8, 4) is 5.75 Å². The van der Waals surface area contributed by atoms with Gasteiger partial charge in [-0.2, -0.15) is 0 Å². The van der Waals surface area contributed by atoms with Crippen LogP contribution in [0.3, 0.4) is 0 Å². The SMILES string of the molecule is Cc1ccc(OCN2C[C@@H](C)N(Cc3ccc(F)cc3)C(=C=O)[C@@H]2C)cc1. The number of nitrogens with zero attached hydrogens (tertiary/aromatic N) is 2. The average Bonchev–Trinajstić information content (AvgIpc) is 2.66. The van der Waals surface area contributed by atoms with Crippen LogP contribution in [-0.2, 0) is 11.3 Å². The van der Waals surface area contributed by atoms with Crippen molar-refractivity contribution < 1.29 is 13.9 Å². The summed E-state index contributed by atoms with van der Waals surface area (Å²) in [7, 11) is 0. The number of hydrogen-bond acceptors (Lipinski definition) is 4. The highest BCUT2D eigenvalue weighted by Crippen LogP contribution is 2.26. The van der Waals surface area contributed by atoms with Gasteiger partial charge in [0.1, 0.15) is 29.9 Å². The molecule has 4 nitrogen and oxygen atoms in total. The molecule has 2 atom stereocenters. The number of carbonyl (C=O) groups excluding carboxylic acids is 1. The van der Waals surface area contributed by atoms with Crippen LogP contribution < -0.4 is 4.74 Å². The smallest absolute Gasteiger partial charge is 0.147 e. The van der Waals surface area contributed by atoms with Crippen LogP contribution in [-0.4, -0.2) is 41.1 Å². The monoisotopic (exact) mass is 368 g/mol. The lowest BCUT2D eigenvalue weighted by Crippen LogP contribution is -2.55. The maximum atomic E-state index is 13.1. The van der Waals surface area contributed by atoms with Crippen LogP contribution in [0, 0.1) is 12.7 Å². The fourth-order valence-electron chi connectivity index (χ4n) is 3.37. The van der Waals surface area contributed by atoms with Crippen molar-refractivity contribution >= 4 is 5.94 Å². The predicted molar refractivity (Wildman–Crippen MR) is 103 cm³/mol. The van der Waals surface area contributed by atoms with Crippen molar-refractivity contribution in [3.63, 3.8) is 0 Å². The van der Waals surface area contributed by atoms with Crippen LogP contribution in [0.5, 0.6) is 5.75 Å². The molecule has 142 valence electrons. The molecule has 0 aliphatic carbocycles. The van der Waals surface area contributed by atoms with Crippen molar-refractivity contribution in [2.45, 2.75) is 39.4 Å². The van der Waals surface area contributed by atoms with E-state index in [-0.39, 0.29) is 17.9 Å². The highest BCUT2D eigenvalue weighted by molar-refractivity contribution is 5.54. The molecule has 0 unspecified atom stereocenters. The lowest BCUT2D eigenvalue weighted by Gasteiger charge is -2.45. The third-order valence-electron chi connectivity index (χ3n) is 5.07. The summed E-state index contributed by atoms with van der Waals surface area (Å²) in [5, 5.41) is 0. The molecule has 1 aliphatic rings. The molecular weight excluding hydrogens is 343 g/mol. The van der Waals surface area contributed by atoms with Crippen LogP contribution >= 0.6 is 0 Å². The first-order valence-electron chi connectivity index (χ1n) is 9.17. The average molecular weight is 368 g/mol. The Hall–Kier alpha value is -2.62. The summed E-state index contributed by atoms with van der Waals surface area (Å²) in [5.74, 6) is 2.67. The number of ether oxygens (including phenoxy) is 1. The molecule has 0 N–H and O–H groups in total. The van der Waals surface area contributed by atoms with E-state index in [4.69, 9.17) is 4.74 Å². The highest BCUT2D eigenvalue weighted by atomic mass is 19.1. The van der Waals surface area contributed by atoms with Crippen LogP contribution in [0.1, 0.15) is 25.0 Å². The second-order valence-electron chi connectivity index (χ2n) is 7.12. The summed E-state index contributed by atoms with van der Waals surface area (Å²) in [6, 6.07) is 14.3. The molecule has 1 saturated heterocycles. The molecular formula is C22H25FN2O2. The van der Waals surface area contributed by atoms with E-state index in [9.17, 15) is 9.18 Å². The van der Waals surface area contributed by atoms with Gasteiger partial charge in [-0.15, -0.1) is 0 Å². The fraction of sp³-hybridized carbons (Fsp3) is 0.364. The van der Waals surface area contributed by atoms with Gasteiger partial charge in [0.15, 0.2) is 0 Å². The van der Waals surface area contributed by atoms with Gasteiger partial charge >= 0.3 is 0 Å².